The lowest BCUT2D eigenvalue weighted by Gasteiger charge is -2.57. The van der Waals surface area contributed by atoms with Crippen molar-refractivity contribution in [1.29, 1.82) is 0 Å². The molecule has 0 bridgehead atoms. The van der Waals surface area contributed by atoms with E-state index in [0.29, 0.717) is 19.3 Å². The molecule has 0 aromatic heterocycles. The molecule has 8 heteroatoms. The van der Waals surface area contributed by atoms with Crippen molar-refractivity contribution in [2.24, 2.45) is 11.3 Å². The van der Waals surface area contributed by atoms with Crippen LogP contribution in [-0.2, 0) is 19.0 Å². The fraction of sp³-hybridized carbons (Fsp3) is 0.850. The molecule has 28 heavy (non-hydrogen) atoms. The summed E-state index contributed by atoms with van der Waals surface area (Å²) in [6, 6.07) is 0. The van der Waals surface area contributed by atoms with Crippen LogP contribution in [0.4, 0.5) is 0 Å². The van der Waals surface area contributed by atoms with Gasteiger partial charge in [0, 0.05) is 11.0 Å². The van der Waals surface area contributed by atoms with Crippen molar-refractivity contribution in [2.75, 3.05) is 6.61 Å². The highest BCUT2D eigenvalue weighted by molar-refractivity contribution is 5.92. The number of rotatable bonds is 1. The SMILES string of the molecule is CC(C)(O)C1(O)C(O)C2OC23C2(C)CCC4=C(COC4=O)C2CC2OC23C1O. The molecule has 2 saturated carbocycles. The second-order valence-corrected chi connectivity index (χ2v) is 10.2. The lowest BCUT2D eigenvalue weighted by molar-refractivity contribution is -0.268. The lowest BCUT2D eigenvalue weighted by Crippen LogP contribution is -2.79. The van der Waals surface area contributed by atoms with Gasteiger partial charge in [-0.3, -0.25) is 0 Å². The highest BCUT2D eigenvalue weighted by Gasteiger charge is 2.97. The first-order valence-electron chi connectivity index (χ1n) is 10.0. The molecule has 3 heterocycles. The van der Waals surface area contributed by atoms with E-state index in [1.54, 1.807) is 0 Å². The largest absolute Gasteiger partial charge is 0.458 e. The van der Waals surface area contributed by atoms with E-state index in [1.165, 1.54) is 13.8 Å². The number of epoxide rings is 2. The topological polar surface area (TPSA) is 132 Å². The smallest absolute Gasteiger partial charge is 0.334 e. The number of hydrogen-bond donors (Lipinski definition) is 4. The molecule has 4 fully saturated rings. The van der Waals surface area contributed by atoms with Crippen molar-refractivity contribution < 1.29 is 39.4 Å². The van der Waals surface area contributed by atoms with Crippen LogP contribution < -0.4 is 0 Å². The van der Waals surface area contributed by atoms with Crippen molar-refractivity contribution in [3.05, 3.63) is 11.1 Å². The molecule has 6 rings (SSSR count). The zero-order chi connectivity index (χ0) is 20.1. The molecule has 3 aliphatic carbocycles. The van der Waals surface area contributed by atoms with E-state index in [4.69, 9.17) is 14.2 Å². The summed E-state index contributed by atoms with van der Waals surface area (Å²) >= 11 is 0. The predicted octanol–water partition coefficient (Wildman–Crippen LogP) is -0.828. The molecule has 3 aliphatic heterocycles. The van der Waals surface area contributed by atoms with Crippen LogP contribution in [0.5, 0.6) is 0 Å². The van der Waals surface area contributed by atoms with E-state index in [2.05, 4.69) is 6.92 Å². The van der Waals surface area contributed by atoms with Crippen molar-refractivity contribution in [2.45, 2.75) is 86.9 Å². The van der Waals surface area contributed by atoms with Gasteiger partial charge in [-0.25, -0.2) is 4.79 Å². The fourth-order valence-corrected chi connectivity index (χ4v) is 7.31. The Morgan fingerprint density at radius 3 is 2.61 bits per heavy atom. The first kappa shape index (κ1) is 17.8. The third-order valence-electron chi connectivity index (χ3n) is 8.91. The average Bonchev–Trinajstić information content (AvgIpc) is 3.50. The number of ether oxygens (including phenoxy) is 3. The van der Waals surface area contributed by atoms with Crippen molar-refractivity contribution in [3.8, 4) is 0 Å². The second kappa shape index (κ2) is 4.50. The highest BCUT2D eigenvalue weighted by atomic mass is 16.7. The van der Waals surface area contributed by atoms with Gasteiger partial charge < -0.3 is 34.6 Å². The van der Waals surface area contributed by atoms with Gasteiger partial charge >= 0.3 is 5.97 Å². The van der Waals surface area contributed by atoms with Gasteiger partial charge in [-0.2, -0.15) is 0 Å². The van der Waals surface area contributed by atoms with Gasteiger partial charge in [-0.1, -0.05) is 6.92 Å². The standard InChI is InChI=1S/C20H26O8/c1-16(2,24)18(25)12(21)13-20(28-13)17(3)5-4-8-9(7-26-14(8)22)10(17)6-11-19(20,27-11)15(18)23/h10-13,15,21,23-25H,4-7H2,1-3H3. The molecule has 9 atom stereocenters. The molecule has 6 aliphatic rings. The lowest BCUT2D eigenvalue weighted by atomic mass is 9.45. The maximum Gasteiger partial charge on any atom is 0.334 e. The van der Waals surface area contributed by atoms with Crippen molar-refractivity contribution in [1.82, 2.24) is 0 Å². The summed E-state index contributed by atoms with van der Waals surface area (Å²) in [6.45, 7) is 5.08. The minimum absolute atomic E-state index is 0.0129. The van der Waals surface area contributed by atoms with Crippen LogP contribution in [0.2, 0.25) is 0 Å². The Kier molecular flexibility index (Phi) is 2.86. The Bertz CT molecular complexity index is 846. The first-order chi connectivity index (χ1) is 13.0. The second-order valence-electron chi connectivity index (χ2n) is 10.2. The van der Waals surface area contributed by atoms with E-state index in [-0.39, 0.29) is 24.6 Å². The molecule has 2 saturated heterocycles. The molecular formula is C20H26O8. The molecule has 4 N–H and O–H groups in total. The molecule has 0 aromatic carbocycles. The summed E-state index contributed by atoms with van der Waals surface area (Å²) in [6.07, 6.45) is -2.33. The van der Waals surface area contributed by atoms with E-state index in [9.17, 15) is 25.2 Å². The summed E-state index contributed by atoms with van der Waals surface area (Å²) in [5, 5.41) is 44.2. The van der Waals surface area contributed by atoms with Crippen LogP contribution >= 0.6 is 0 Å². The van der Waals surface area contributed by atoms with Gasteiger partial charge in [-0.15, -0.1) is 0 Å². The van der Waals surface area contributed by atoms with Crippen LogP contribution in [-0.4, -0.2) is 79.8 Å². The van der Waals surface area contributed by atoms with Gasteiger partial charge in [0.15, 0.2) is 5.60 Å². The predicted molar refractivity (Wildman–Crippen MR) is 91.9 cm³/mol. The van der Waals surface area contributed by atoms with Gasteiger partial charge in [0.05, 0.1) is 11.7 Å². The van der Waals surface area contributed by atoms with Crippen molar-refractivity contribution in [3.63, 3.8) is 0 Å². The summed E-state index contributed by atoms with van der Waals surface area (Å²) in [7, 11) is 0. The van der Waals surface area contributed by atoms with E-state index < -0.39 is 46.1 Å². The molecular weight excluding hydrogens is 368 g/mol. The number of esters is 1. The minimum atomic E-state index is -2.18. The highest BCUT2D eigenvalue weighted by Crippen LogP contribution is 2.79. The Hall–Kier alpha value is -1.03. The van der Waals surface area contributed by atoms with Gasteiger partial charge in [0.25, 0.3) is 0 Å². The quantitative estimate of drug-likeness (QED) is 0.335. The van der Waals surface area contributed by atoms with Crippen molar-refractivity contribution >= 4 is 5.97 Å². The van der Waals surface area contributed by atoms with Gasteiger partial charge in [0.2, 0.25) is 0 Å². The Morgan fingerprint density at radius 2 is 1.93 bits per heavy atom. The summed E-state index contributed by atoms with van der Waals surface area (Å²) < 4.78 is 17.6. The maximum atomic E-state index is 12.1. The zero-order valence-electron chi connectivity index (χ0n) is 16.1. The van der Waals surface area contributed by atoms with Crippen LogP contribution in [0, 0.1) is 11.3 Å². The van der Waals surface area contributed by atoms with E-state index >= 15 is 0 Å². The number of aliphatic hydroxyl groups excluding tert-OH is 2. The average molecular weight is 394 g/mol. The minimum Gasteiger partial charge on any atom is -0.458 e. The molecule has 2 spiro atoms. The monoisotopic (exact) mass is 394 g/mol. The van der Waals surface area contributed by atoms with Crippen LogP contribution in [0.3, 0.4) is 0 Å². The van der Waals surface area contributed by atoms with E-state index in [1.807, 2.05) is 0 Å². The first-order valence-corrected chi connectivity index (χ1v) is 10.0. The van der Waals surface area contributed by atoms with Crippen LogP contribution in [0.15, 0.2) is 11.1 Å². The third kappa shape index (κ3) is 1.46. The summed E-state index contributed by atoms with van der Waals surface area (Å²) in [5.74, 6) is -0.266. The van der Waals surface area contributed by atoms with Crippen LogP contribution in [0.1, 0.15) is 40.0 Å². The Balaban J connectivity index is 1.50. The maximum absolute atomic E-state index is 12.1. The van der Waals surface area contributed by atoms with Gasteiger partial charge in [-0.05, 0) is 44.6 Å². The molecule has 8 nitrogen and oxygen atoms in total. The molecule has 9 unspecified atom stereocenters. The zero-order valence-corrected chi connectivity index (χ0v) is 16.1. The molecule has 154 valence electrons. The number of cyclic esters (lactones) is 1. The molecule has 0 aromatic rings. The number of fused-ring (bicyclic) bond motifs is 2. The van der Waals surface area contributed by atoms with E-state index in [0.717, 1.165) is 11.1 Å². The third-order valence-corrected chi connectivity index (χ3v) is 8.91. The molecule has 0 radical (unpaired) electrons. The Morgan fingerprint density at radius 1 is 1.21 bits per heavy atom. The number of hydrogen-bond acceptors (Lipinski definition) is 8. The van der Waals surface area contributed by atoms with Crippen LogP contribution in [0.25, 0.3) is 0 Å². The Labute approximate surface area is 162 Å². The number of carbonyl (C=O) groups is 1. The summed E-state index contributed by atoms with van der Waals surface area (Å²) in [4.78, 5) is 12.1. The van der Waals surface area contributed by atoms with Gasteiger partial charge in [0.1, 0.15) is 36.1 Å². The molecule has 0 amide bonds. The summed E-state index contributed by atoms with van der Waals surface area (Å²) in [5.41, 5.74) is -4.83. The number of carbonyl (C=O) groups excluding carboxylic acids is 1. The normalized spacial score (nSPS) is 58.8. The number of aliphatic hydroxyl groups is 4. The fourth-order valence-electron chi connectivity index (χ4n) is 7.31.